The van der Waals surface area contributed by atoms with Crippen LogP contribution >= 0.6 is 0 Å². The van der Waals surface area contributed by atoms with Gasteiger partial charge in [0.1, 0.15) is 0 Å². The number of unbranched alkanes of at least 4 members (excludes halogenated alkanes) is 9. The predicted molar refractivity (Wildman–Crippen MR) is 111 cm³/mol. The van der Waals surface area contributed by atoms with Crippen LogP contribution in [-0.4, -0.2) is 27.5 Å². The highest BCUT2D eigenvalue weighted by Gasteiger charge is 2.20. The maximum atomic E-state index is 11.1. The molecule has 0 spiro atoms. The van der Waals surface area contributed by atoms with Crippen LogP contribution in [0.4, 0.5) is 0 Å². The SMILES string of the molecule is CCCCCCCCC(CCCCCCCC(=O)OC)O[Si](C)(C)C. The lowest BCUT2D eigenvalue weighted by molar-refractivity contribution is -0.140. The lowest BCUT2D eigenvalue weighted by atomic mass is 10.0. The normalized spacial score (nSPS) is 13.0. The summed E-state index contributed by atoms with van der Waals surface area (Å²) in [5.74, 6) is -0.0810. The van der Waals surface area contributed by atoms with Crippen molar-refractivity contribution in [1.29, 1.82) is 0 Å². The Morgan fingerprint density at radius 1 is 0.800 bits per heavy atom. The molecular formula is C21H44O3Si. The molecule has 0 aromatic carbocycles. The minimum Gasteiger partial charge on any atom is -0.469 e. The summed E-state index contributed by atoms with van der Waals surface area (Å²) in [5, 5.41) is 0. The van der Waals surface area contributed by atoms with E-state index in [1.54, 1.807) is 0 Å². The number of hydrogen-bond acceptors (Lipinski definition) is 3. The van der Waals surface area contributed by atoms with E-state index in [2.05, 4.69) is 31.3 Å². The van der Waals surface area contributed by atoms with Crippen molar-refractivity contribution in [3.05, 3.63) is 0 Å². The maximum absolute atomic E-state index is 11.1. The number of carbonyl (C=O) groups excluding carboxylic acids is 1. The Morgan fingerprint density at radius 3 is 1.76 bits per heavy atom. The van der Waals surface area contributed by atoms with Gasteiger partial charge in [0.05, 0.1) is 7.11 Å². The van der Waals surface area contributed by atoms with Crippen molar-refractivity contribution in [2.24, 2.45) is 0 Å². The number of ether oxygens (including phenoxy) is 1. The van der Waals surface area contributed by atoms with E-state index in [1.807, 2.05) is 0 Å². The third kappa shape index (κ3) is 18.2. The van der Waals surface area contributed by atoms with Gasteiger partial charge in [0, 0.05) is 12.5 Å². The topological polar surface area (TPSA) is 35.5 Å². The van der Waals surface area contributed by atoms with Crippen LogP contribution in [0.1, 0.15) is 96.8 Å². The smallest absolute Gasteiger partial charge is 0.305 e. The fourth-order valence-corrected chi connectivity index (χ4v) is 4.42. The first kappa shape index (κ1) is 24.6. The zero-order valence-electron chi connectivity index (χ0n) is 17.7. The molecule has 0 aromatic heterocycles. The molecule has 0 amide bonds. The second kappa shape index (κ2) is 15.9. The standard InChI is InChI=1S/C21H44O3Si/c1-6-7-8-9-11-14-17-20(24-25(3,4)5)18-15-12-10-13-16-19-21(22)23-2/h20H,6-19H2,1-5H3. The summed E-state index contributed by atoms with van der Waals surface area (Å²) in [4.78, 5) is 11.1. The summed E-state index contributed by atoms with van der Waals surface area (Å²) in [6.45, 7) is 9.17. The zero-order valence-corrected chi connectivity index (χ0v) is 18.7. The first-order chi connectivity index (χ1) is 11.9. The van der Waals surface area contributed by atoms with Crippen molar-refractivity contribution in [1.82, 2.24) is 0 Å². The fourth-order valence-electron chi connectivity index (χ4n) is 3.19. The number of rotatable bonds is 17. The van der Waals surface area contributed by atoms with Crippen LogP contribution in [0.2, 0.25) is 19.6 Å². The Balaban J connectivity index is 3.82. The van der Waals surface area contributed by atoms with E-state index in [-0.39, 0.29) is 5.97 Å². The largest absolute Gasteiger partial charge is 0.469 e. The second-order valence-electron chi connectivity index (χ2n) is 8.29. The van der Waals surface area contributed by atoms with E-state index in [1.165, 1.54) is 77.7 Å². The molecule has 0 aliphatic carbocycles. The van der Waals surface area contributed by atoms with Crippen molar-refractivity contribution in [2.45, 2.75) is 123 Å². The van der Waals surface area contributed by atoms with Crippen molar-refractivity contribution in [2.75, 3.05) is 7.11 Å². The quantitative estimate of drug-likeness (QED) is 0.159. The van der Waals surface area contributed by atoms with Crippen molar-refractivity contribution in [3.63, 3.8) is 0 Å². The van der Waals surface area contributed by atoms with Crippen LogP contribution < -0.4 is 0 Å². The molecule has 1 atom stereocenters. The van der Waals surface area contributed by atoms with Gasteiger partial charge in [0.25, 0.3) is 0 Å². The molecule has 3 nitrogen and oxygen atoms in total. The molecular weight excluding hydrogens is 328 g/mol. The monoisotopic (exact) mass is 372 g/mol. The molecule has 25 heavy (non-hydrogen) atoms. The van der Waals surface area contributed by atoms with Crippen molar-refractivity contribution < 1.29 is 14.0 Å². The maximum Gasteiger partial charge on any atom is 0.305 e. The summed E-state index contributed by atoms with van der Waals surface area (Å²) in [6, 6.07) is 0. The number of hydrogen-bond donors (Lipinski definition) is 0. The van der Waals surface area contributed by atoms with Gasteiger partial charge in [0.15, 0.2) is 8.32 Å². The Kier molecular flexibility index (Phi) is 15.6. The second-order valence-corrected chi connectivity index (χ2v) is 12.8. The van der Waals surface area contributed by atoms with Gasteiger partial charge in [-0.1, -0.05) is 71.1 Å². The Bertz CT molecular complexity index is 313. The molecule has 1 unspecified atom stereocenters. The van der Waals surface area contributed by atoms with Crippen molar-refractivity contribution in [3.8, 4) is 0 Å². The van der Waals surface area contributed by atoms with Gasteiger partial charge in [-0.25, -0.2) is 0 Å². The first-order valence-corrected chi connectivity index (χ1v) is 14.0. The van der Waals surface area contributed by atoms with E-state index >= 15 is 0 Å². The molecule has 4 heteroatoms. The van der Waals surface area contributed by atoms with E-state index < -0.39 is 8.32 Å². The summed E-state index contributed by atoms with van der Waals surface area (Å²) in [5.41, 5.74) is 0. The first-order valence-electron chi connectivity index (χ1n) is 10.6. The lowest BCUT2D eigenvalue weighted by Gasteiger charge is -2.26. The molecule has 0 saturated heterocycles. The molecule has 0 N–H and O–H groups in total. The summed E-state index contributed by atoms with van der Waals surface area (Å²) in [6.07, 6.45) is 17.4. The third-order valence-electron chi connectivity index (χ3n) is 4.53. The van der Waals surface area contributed by atoms with Crippen LogP contribution in [0.5, 0.6) is 0 Å². The van der Waals surface area contributed by atoms with Crippen molar-refractivity contribution >= 4 is 14.3 Å². The molecule has 0 saturated carbocycles. The molecule has 0 aromatic rings. The van der Waals surface area contributed by atoms with Crippen LogP contribution in [0, 0.1) is 0 Å². The van der Waals surface area contributed by atoms with Crippen LogP contribution in [-0.2, 0) is 14.0 Å². The van der Waals surface area contributed by atoms with Crippen LogP contribution in [0.25, 0.3) is 0 Å². The Hall–Kier alpha value is -0.353. The highest BCUT2D eigenvalue weighted by molar-refractivity contribution is 6.69. The minimum atomic E-state index is -1.45. The average molecular weight is 373 g/mol. The summed E-state index contributed by atoms with van der Waals surface area (Å²) < 4.78 is 11.1. The van der Waals surface area contributed by atoms with E-state index in [0.29, 0.717) is 12.5 Å². The van der Waals surface area contributed by atoms with Crippen LogP contribution in [0.3, 0.4) is 0 Å². The molecule has 0 heterocycles. The highest BCUT2D eigenvalue weighted by atomic mass is 28.4. The predicted octanol–water partition coefficient (Wildman–Crippen LogP) is 6.86. The highest BCUT2D eigenvalue weighted by Crippen LogP contribution is 2.20. The van der Waals surface area contributed by atoms with Gasteiger partial charge >= 0.3 is 5.97 Å². The van der Waals surface area contributed by atoms with Crippen LogP contribution in [0.15, 0.2) is 0 Å². The number of esters is 1. The molecule has 0 aliphatic heterocycles. The fraction of sp³-hybridized carbons (Fsp3) is 0.952. The van der Waals surface area contributed by atoms with Gasteiger partial charge in [-0.2, -0.15) is 0 Å². The van der Waals surface area contributed by atoms with Gasteiger partial charge in [-0.3, -0.25) is 4.79 Å². The molecule has 0 bridgehead atoms. The van der Waals surface area contributed by atoms with E-state index in [4.69, 9.17) is 4.43 Å². The summed E-state index contributed by atoms with van der Waals surface area (Å²) >= 11 is 0. The number of methoxy groups -OCH3 is 1. The molecule has 150 valence electrons. The third-order valence-corrected chi connectivity index (χ3v) is 5.57. The number of carbonyl (C=O) groups is 1. The average Bonchev–Trinajstić information content (AvgIpc) is 2.55. The van der Waals surface area contributed by atoms with Gasteiger partial charge in [-0.15, -0.1) is 0 Å². The molecule has 0 rings (SSSR count). The van der Waals surface area contributed by atoms with E-state index in [9.17, 15) is 4.79 Å². The Morgan fingerprint density at radius 2 is 1.28 bits per heavy atom. The molecule has 0 fully saturated rings. The molecule has 0 aliphatic rings. The zero-order chi connectivity index (χ0) is 19.0. The van der Waals surface area contributed by atoms with Gasteiger partial charge in [0.2, 0.25) is 0 Å². The lowest BCUT2D eigenvalue weighted by Crippen LogP contribution is -2.32. The molecule has 0 radical (unpaired) electrons. The van der Waals surface area contributed by atoms with Gasteiger partial charge in [-0.05, 0) is 38.9 Å². The Labute approximate surface area is 158 Å². The van der Waals surface area contributed by atoms with Gasteiger partial charge < -0.3 is 9.16 Å². The van der Waals surface area contributed by atoms with E-state index in [0.717, 1.165) is 12.8 Å². The minimum absolute atomic E-state index is 0.0810. The summed E-state index contributed by atoms with van der Waals surface area (Å²) in [7, 11) is 0.0122.